The highest BCUT2D eigenvalue weighted by molar-refractivity contribution is 7.99. The van der Waals surface area contributed by atoms with E-state index in [-0.39, 0.29) is 0 Å². The molecule has 1 aromatic heterocycles. The Labute approximate surface area is 73.8 Å². The van der Waals surface area contributed by atoms with Gasteiger partial charge in [0.25, 0.3) is 0 Å². The highest BCUT2D eigenvalue weighted by atomic mass is 32.2. The zero-order chi connectivity index (χ0) is 7.68. The zero-order valence-corrected chi connectivity index (χ0v) is 7.63. The Balaban J connectivity index is 2.41. The van der Waals surface area contributed by atoms with Crippen LogP contribution in [-0.2, 0) is 0 Å². The van der Waals surface area contributed by atoms with Crippen LogP contribution in [0.4, 0.5) is 0 Å². The third-order valence-electron chi connectivity index (χ3n) is 1.69. The molecule has 0 saturated heterocycles. The molecule has 1 nitrogen and oxygen atoms in total. The van der Waals surface area contributed by atoms with Crippen molar-refractivity contribution in [2.75, 3.05) is 5.75 Å². The highest BCUT2D eigenvalue weighted by Gasteiger charge is 2.16. The van der Waals surface area contributed by atoms with Gasteiger partial charge in [-0.3, -0.25) is 4.79 Å². The van der Waals surface area contributed by atoms with Gasteiger partial charge in [-0.05, 0) is 23.6 Å². The number of carbonyl (C=O) groups is 1. The predicted molar refractivity (Wildman–Crippen MR) is 48.6 cm³/mol. The third-order valence-corrected chi connectivity index (χ3v) is 3.92. The molecule has 11 heavy (non-hydrogen) atoms. The number of hydrogen-bond donors (Lipinski definition) is 0. The lowest BCUT2D eigenvalue weighted by atomic mass is 10.2. The number of hydrogen-bond acceptors (Lipinski definition) is 3. The van der Waals surface area contributed by atoms with Crippen LogP contribution in [0.2, 0.25) is 0 Å². The summed E-state index contributed by atoms with van der Waals surface area (Å²) in [6, 6.07) is 2.05. The molecule has 1 aliphatic rings. The van der Waals surface area contributed by atoms with E-state index in [2.05, 4.69) is 0 Å². The van der Waals surface area contributed by atoms with Crippen LogP contribution in [0.25, 0.3) is 0 Å². The molecule has 2 rings (SSSR count). The van der Waals surface area contributed by atoms with E-state index in [1.807, 2.05) is 23.2 Å². The Morgan fingerprint density at radius 3 is 3.27 bits per heavy atom. The van der Waals surface area contributed by atoms with E-state index in [9.17, 15) is 4.79 Å². The lowest BCUT2D eigenvalue weighted by molar-refractivity contribution is 0.0984. The first-order valence-electron chi connectivity index (χ1n) is 3.61. The van der Waals surface area contributed by atoms with E-state index in [4.69, 9.17) is 0 Å². The topological polar surface area (TPSA) is 17.1 Å². The van der Waals surface area contributed by atoms with Crippen LogP contribution >= 0.6 is 23.1 Å². The largest absolute Gasteiger partial charge is 0.293 e. The van der Waals surface area contributed by atoms with Gasteiger partial charge in [0, 0.05) is 11.3 Å². The fourth-order valence-corrected chi connectivity index (χ4v) is 3.23. The van der Waals surface area contributed by atoms with Crippen molar-refractivity contribution < 1.29 is 4.79 Å². The second-order valence-electron chi connectivity index (χ2n) is 2.49. The smallest absolute Gasteiger partial charge is 0.173 e. The molecule has 0 fully saturated rings. The molecular weight excluding hydrogens is 176 g/mol. The second kappa shape index (κ2) is 2.99. The van der Waals surface area contributed by atoms with Crippen LogP contribution in [-0.4, -0.2) is 11.5 Å². The first kappa shape index (κ1) is 7.37. The molecule has 3 heteroatoms. The molecule has 0 unspecified atom stereocenters. The van der Waals surface area contributed by atoms with Crippen LogP contribution in [0.5, 0.6) is 0 Å². The monoisotopic (exact) mass is 184 g/mol. The lowest BCUT2D eigenvalue weighted by Crippen LogP contribution is -1.93. The number of fused-ring (bicyclic) bond motifs is 1. The first-order chi connectivity index (χ1) is 5.38. The molecular formula is C8H8OS2. The van der Waals surface area contributed by atoms with Gasteiger partial charge in [0.15, 0.2) is 5.78 Å². The van der Waals surface area contributed by atoms with Gasteiger partial charge in [-0.1, -0.05) is 0 Å². The van der Waals surface area contributed by atoms with E-state index in [1.165, 1.54) is 4.90 Å². The Morgan fingerprint density at radius 1 is 1.45 bits per heavy atom. The van der Waals surface area contributed by atoms with Crippen LogP contribution in [0, 0.1) is 0 Å². The van der Waals surface area contributed by atoms with E-state index < -0.39 is 0 Å². The van der Waals surface area contributed by atoms with Crippen molar-refractivity contribution in [1.82, 2.24) is 0 Å². The highest BCUT2D eigenvalue weighted by Crippen LogP contribution is 2.32. The minimum Gasteiger partial charge on any atom is -0.293 e. The summed E-state index contributed by atoms with van der Waals surface area (Å²) in [5, 5.41) is 2.00. The summed E-state index contributed by atoms with van der Waals surface area (Å²) in [7, 11) is 0. The molecule has 0 N–H and O–H groups in total. The van der Waals surface area contributed by atoms with Crippen molar-refractivity contribution in [3.8, 4) is 0 Å². The quantitative estimate of drug-likeness (QED) is 0.616. The van der Waals surface area contributed by atoms with Gasteiger partial charge < -0.3 is 0 Å². The Morgan fingerprint density at radius 2 is 2.36 bits per heavy atom. The molecule has 0 saturated carbocycles. The van der Waals surface area contributed by atoms with E-state index >= 15 is 0 Å². The molecule has 0 aliphatic carbocycles. The van der Waals surface area contributed by atoms with Gasteiger partial charge in [-0.2, -0.15) is 0 Å². The summed E-state index contributed by atoms with van der Waals surface area (Å²) in [5.74, 6) is 1.43. The van der Waals surface area contributed by atoms with Gasteiger partial charge in [-0.25, -0.2) is 0 Å². The number of carbonyl (C=O) groups excluding carboxylic acids is 1. The van der Waals surface area contributed by atoms with Crippen LogP contribution < -0.4 is 0 Å². The molecule has 0 atom stereocenters. The summed E-state index contributed by atoms with van der Waals surface area (Å²) in [6.45, 7) is 0. The van der Waals surface area contributed by atoms with E-state index in [0.717, 1.165) is 23.5 Å². The normalized spacial score (nSPS) is 17.6. The Kier molecular flexibility index (Phi) is 2.00. The van der Waals surface area contributed by atoms with Gasteiger partial charge in [-0.15, -0.1) is 23.1 Å². The van der Waals surface area contributed by atoms with Crippen LogP contribution in [0.3, 0.4) is 0 Å². The maximum Gasteiger partial charge on any atom is 0.173 e. The summed E-state index contributed by atoms with van der Waals surface area (Å²) < 4.78 is 0. The van der Waals surface area contributed by atoms with E-state index in [1.54, 1.807) is 11.3 Å². The van der Waals surface area contributed by atoms with E-state index in [0.29, 0.717) is 5.78 Å². The number of Topliss-reactive ketones (excluding diaryl/α,β-unsaturated/α-hetero) is 1. The molecule has 0 aromatic carbocycles. The van der Waals surface area contributed by atoms with Crippen molar-refractivity contribution in [1.29, 1.82) is 0 Å². The van der Waals surface area contributed by atoms with Crippen molar-refractivity contribution in [3.05, 3.63) is 16.3 Å². The minimum atomic E-state index is 0.333. The Bertz CT molecular complexity index is 277. The minimum absolute atomic E-state index is 0.333. The average molecular weight is 184 g/mol. The van der Waals surface area contributed by atoms with Gasteiger partial charge in [0.05, 0.1) is 4.88 Å². The third kappa shape index (κ3) is 1.35. The van der Waals surface area contributed by atoms with Crippen molar-refractivity contribution in [3.63, 3.8) is 0 Å². The lowest BCUT2D eigenvalue weighted by Gasteiger charge is -1.91. The molecule has 58 valence electrons. The van der Waals surface area contributed by atoms with Crippen molar-refractivity contribution in [2.45, 2.75) is 17.7 Å². The summed E-state index contributed by atoms with van der Waals surface area (Å²) >= 11 is 3.39. The Hall–Kier alpha value is -0.280. The number of thioether (sulfide) groups is 1. The maximum absolute atomic E-state index is 11.4. The molecule has 0 spiro atoms. The predicted octanol–water partition coefficient (Wildman–Crippen LogP) is 2.82. The van der Waals surface area contributed by atoms with Crippen molar-refractivity contribution in [2.24, 2.45) is 0 Å². The summed E-state index contributed by atoms with van der Waals surface area (Å²) in [6.07, 6.45) is 1.77. The number of thiophene rings is 1. The first-order valence-corrected chi connectivity index (χ1v) is 5.48. The molecule has 0 amide bonds. The SMILES string of the molecule is O=C1CCCSc2ccsc21. The van der Waals surface area contributed by atoms with Gasteiger partial charge in [0.1, 0.15) is 0 Å². The standard InChI is InChI=1S/C8H8OS2/c9-6-2-1-4-10-7-3-5-11-8(6)7/h3,5H,1-2,4H2. The fraction of sp³-hybridized carbons (Fsp3) is 0.375. The van der Waals surface area contributed by atoms with Crippen LogP contribution in [0.15, 0.2) is 16.3 Å². The zero-order valence-electron chi connectivity index (χ0n) is 6.00. The molecule has 2 heterocycles. The number of rotatable bonds is 0. The van der Waals surface area contributed by atoms with Gasteiger partial charge in [0.2, 0.25) is 0 Å². The molecule has 1 aliphatic heterocycles. The summed E-state index contributed by atoms with van der Waals surface area (Å²) in [4.78, 5) is 13.5. The van der Waals surface area contributed by atoms with Gasteiger partial charge >= 0.3 is 0 Å². The summed E-state index contributed by atoms with van der Waals surface area (Å²) in [5.41, 5.74) is 0. The molecule has 1 aromatic rings. The van der Waals surface area contributed by atoms with Crippen molar-refractivity contribution >= 4 is 28.9 Å². The molecule has 0 bridgehead atoms. The molecule has 0 radical (unpaired) electrons. The maximum atomic E-state index is 11.4. The second-order valence-corrected chi connectivity index (χ2v) is 4.54. The average Bonchev–Trinajstić information content (AvgIpc) is 2.40. The van der Waals surface area contributed by atoms with Crippen LogP contribution in [0.1, 0.15) is 22.5 Å². The fourth-order valence-electron chi connectivity index (χ4n) is 1.14. The number of ketones is 1.